The molecule has 1 atom stereocenters. The third kappa shape index (κ3) is 5.17. The lowest BCUT2D eigenvalue weighted by molar-refractivity contribution is 0.0526. The minimum absolute atomic E-state index is 0.268. The lowest BCUT2D eigenvalue weighted by Gasteiger charge is -2.20. The summed E-state index contributed by atoms with van der Waals surface area (Å²) in [5.74, 6) is -1.02. The van der Waals surface area contributed by atoms with Crippen molar-refractivity contribution in [1.29, 1.82) is 0 Å². The minimum atomic E-state index is -1.03. The van der Waals surface area contributed by atoms with Crippen molar-refractivity contribution in [3.8, 4) is 0 Å². The molecule has 0 bridgehead atoms. The van der Waals surface area contributed by atoms with Crippen molar-refractivity contribution in [3.05, 3.63) is 73.8 Å². The summed E-state index contributed by atoms with van der Waals surface area (Å²) in [6.07, 6.45) is 2.74. The predicted molar refractivity (Wildman–Crippen MR) is 132 cm³/mol. The van der Waals surface area contributed by atoms with Gasteiger partial charge in [-0.05, 0) is 56.5 Å². The molecule has 0 fully saturated rings. The van der Waals surface area contributed by atoms with Gasteiger partial charge in [0.25, 0.3) is 5.91 Å². The number of aryl methyl sites for hydroxylation is 2. The van der Waals surface area contributed by atoms with Crippen LogP contribution in [0.25, 0.3) is 0 Å². The van der Waals surface area contributed by atoms with Gasteiger partial charge >= 0.3 is 5.97 Å². The van der Waals surface area contributed by atoms with E-state index < -0.39 is 12.1 Å². The molecule has 6 nitrogen and oxygen atoms in total. The highest BCUT2D eigenvalue weighted by atomic mass is 32.1. The minimum Gasteiger partial charge on any atom is -0.462 e. The van der Waals surface area contributed by atoms with Crippen LogP contribution in [-0.2, 0) is 17.6 Å². The largest absolute Gasteiger partial charge is 0.462 e. The fourth-order valence-corrected chi connectivity index (χ4v) is 5.81. The number of fused-ring (bicyclic) bond motifs is 1. The van der Waals surface area contributed by atoms with E-state index in [0.29, 0.717) is 21.0 Å². The number of Topliss-reactive ketones (excluding diaryl/α,β-unsaturated/α-hetero) is 1. The van der Waals surface area contributed by atoms with Crippen molar-refractivity contribution in [2.24, 2.45) is 0 Å². The molecule has 2 aromatic heterocycles. The average Bonchev–Trinajstić information content (AvgIpc) is 3.47. The summed E-state index contributed by atoms with van der Waals surface area (Å²) in [7, 11) is 0. The third-order valence-electron chi connectivity index (χ3n) is 5.54. The van der Waals surface area contributed by atoms with Gasteiger partial charge in [0.2, 0.25) is 5.78 Å². The van der Waals surface area contributed by atoms with E-state index in [0.717, 1.165) is 41.7 Å². The van der Waals surface area contributed by atoms with Crippen LogP contribution in [0.3, 0.4) is 0 Å². The Labute approximate surface area is 201 Å². The van der Waals surface area contributed by atoms with Crippen LogP contribution < -0.4 is 10.6 Å². The molecule has 1 aliphatic carbocycles. The van der Waals surface area contributed by atoms with Crippen LogP contribution in [0, 0.1) is 6.92 Å². The van der Waals surface area contributed by atoms with E-state index in [1.165, 1.54) is 22.7 Å². The number of ether oxygens (including phenoxy) is 1. The number of hydrogen-bond acceptors (Lipinski definition) is 7. The monoisotopic (exact) mass is 482 g/mol. The highest BCUT2D eigenvalue weighted by molar-refractivity contribution is 7.16. The van der Waals surface area contributed by atoms with Gasteiger partial charge in [-0.2, -0.15) is 0 Å². The van der Waals surface area contributed by atoms with Crippen molar-refractivity contribution in [3.63, 3.8) is 0 Å². The van der Waals surface area contributed by atoms with Crippen LogP contribution in [0.2, 0.25) is 0 Å². The van der Waals surface area contributed by atoms with Crippen molar-refractivity contribution in [1.82, 2.24) is 5.32 Å². The van der Waals surface area contributed by atoms with Gasteiger partial charge in [0.1, 0.15) is 5.00 Å². The molecule has 1 aliphatic rings. The summed E-state index contributed by atoms with van der Waals surface area (Å²) in [5.41, 5.74) is 3.00. The summed E-state index contributed by atoms with van der Waals surface area (Å²) < 4.78 is 5.33. The molecule has 1 aromatic carbocycles. The number of esters is 1. The first-order valence-corrected chi connectivity index (χ1v) is 12.7. The summed E-state index contributed by atoms with van der Waals surface area (Å²) in [5, 5.41) is 8.39. The quantitative estimate of drug-likeness (QED) is 0.261. The number of anilines is 1. The van der Waals surface area contributed by atoms with Gasteiger partial charge in [0, 0.05) is 10.4 Å². The Balaban J connectivity index is 1.69. The molecule has 0 aliphatic heterocycles. The van der Waals surface area contributed by atoms with Crippen molar-refractivity contribution in [2.75, 3.05) is 11.9 Å². The molecular weight excluding hydrogens is 456 g/mol. The van der Waals surface area contributed by atoms with E-state index >= 15 is 0 Å². The summed E-state index contributed by atoms with van der Waals surface area (Å²) >= 11 is 2.77. The molecule has 172 valence electrons. The molecule has 0 spiro atoms. The fraction of sp³-hybridized carbons (Fsp3) is 0.320. The van der Waals surface area contributed by atoms with Gasteiger partial charge < -0.3 is 15.4 Å². The van der Waals surface area contributed by atoms with E-state index in [1.54, 1.807) is 31.2 Å². The molecule has 8 heteroatoms. The Morgan fingerprint density at radius 1 is 1.09 bits per heavy atom. The van der Waals surface area contributed by atoms with E-state index in [1.807, 2.05) is 24.4 Å². The number of hydrogen-bond donors (Lipinski definition) is 2. The zero-order chi connectivity index (χ0) is 23.4. The zero-order valence-corrected chi connectivity index (χ0v) is 20.2. The van der Waals surface area contributed by atoms with Gasteiger partial charge in [-0.15, -0.1) is 22.7 Å². The average molecular weight is 483 g/mol. The molecule has 3 aromatic rings. The standard InChI is InChI=1S/C25H26N2O4S2/c1-3-31-25(30)20-17-7-4-5-8-18(17)33-24(20)27-22(26-23(29)19-9-6-14-32-19)21(28)16-12-10-15(2)11-13-16/h6,9-14,22,27H,3-5,7-8H2,1-2H3,(H,26,29)/t22-/m0/s1. The maximum absolute atomic E-state index is 13.4. The SMILES string of the molecule is CCOC(=O)c1c(N[C@H](NC(=O)c2cccs2)C(=O)c2ccc(C)cc2)sc2c1CCCC2. The highest BCUT2D eigenvalue weighted by Crippen LogP contribution is 2.39. The molecule has 2 N–H and O–H groups in total. The van der Waals surface area contributed by atoms with Gasteiger partial charge in [-0.1, -0.05) is 35.9 Å². The summed E-state index contributed by atoms with van der Waals surface area (Å²) in [6, 6.07) is 10.7. The van der Waals surface area contributed by atoms with Crippen LogP contribution in [0.5, 0.6) is 0 Å². The Kier molecular flexibility index (Phi) is 7.25. The molecule has 0 saturated carbocycles. The second-order valence-corrected chi connectivity index (χ2v) is 9.95. The lowest BCUT2D eigenvalue weighted by Crippen LogP contribution is -2.46. The van der Waals surface area contributed by atoms with Crippen LogP contribution in [0.15, 0.2) is 41.8 Å². The Hall–Kier alpha value is -2.97. The molecule has 33 heavy (non-hydrogen) atoms. The van der Waals surface area contributed by atoms with Crippen molar-refractivity contribution >= 4 is 45.3 Å². The molecule has 0 unspecified atom stereocenters. The van der Waals surface area contributed by atoms with Crippen LogP contribution in [0.4, 0.5) is 5.00 Å². The number of benzene rings is 1. The van der Waals surface area contributed by atoms with Gasteiger partial charge in [-0.3, -0.25) is 9.59 Å². The maximum Gasteiger partial charge on any atom is 0.341 e. The Morgan fingerprint density at radius 2 is 1.85 bits per heavy atom. The molecule has 0 radical (unpaired) electrons. The van der Waals surface area contributed by atoms with Crippen molar-refractivity contribution in [2.45, 2.75) is 45.7 Å². The molecule has 2 heterocycles. The second-order valence-electron chi connectivity index (χ2n) is 7.89. The highest BCUT2D eigenvalue weighted by Gasteiger charge is 2.30. The lowest BCUT2D eigenvalue weighted by atomic mass is 9.95. The number of carbonyl (C=O) groups excluding carboxylic acids is 3. The number of nitrogens with one attached hydrogen (secondary N) is 2. The predicted octanol–water partition coefficient (Wildman–Crippen LogP) is 5.22. The van der Waals surface area contributed by atoms with E-state index in [-0.39, 0.29) is 18.3 Å². The Bertz CT molecular complexity index is 1150. The zero-order valence-electron chi connectivity index (χ0n) is 18.6. The molecule has 4 rings (SSSR count). The van der Waals surface area contributed by atoms with Crippen LogP contribution in [0.1, 0.15) is 66.2 Å². The molecular formula is C25H26N2O4S2. The summed E-state index contributed by atoms with van der Waals surface area (Å²) in [6.45, 7) is 3.99. The first-order valence-electron chi connectivity index (χ1n) is 11.0. The summed E-state index contributed by atoms with van der Waals surface area (Å²) in [4.78, 5) is 40.7. The van der Waals surface area contributed by atoms with Gasteiger partial charge in [0.05, 0.1) is 17.0 Å². The number of thiophene rings is 2. The van der Waals surface area contributed by atoms with E-state index in [2.05, 4.69) is 10.6 Å². The van der Waals surface area contributed by atoms with Crippen LogP contribution in [-0.4, -0.2) is 30.4 Å². The van der Waals surface area contributed by atoms with E-state index in [4.69, 9.17) is 4.74 Å². The number of ketones is 1. The van der Waals surface area contributed by atoms with Gasteiger partial charge in [0.15, 0.2) is 6.17 Å². The van der Waals surface area contributed by atoms with Crippen LogP contribution >= 0.6 is 22.7 Å². The number of amides is 1. The second kappa shape index (κ2) is 10.3. The number of carbonyl (C=O) groups is 3. The van der Waals surface area contributed by atoms with Gasteiger partial charge in [-0.25, -0.2) is 4.79 Å². The molecule has 1 amide bonds. The maximum atomic E-state index is 13.4. The first-order chi connectivity index (χ1) is 16.0. The normalized spacial score (nSPS) is 13.6. The fourth-order valence-electron chi connectivity index (χ4n) is 3.88. The molecule has 0 saturated heterocycles. The number of rotatable bonds is 8. The first kappa shape index (κ1) is 23.2. The smallest absolute Gasteiger partial charge is 0.341 e. The topological polar surface area (TPSA) is 84.5 Å². The van der Waals surface area contributed by atoms with Crippen molar-refractivity contribution < 1.29 is 19.1 Å². The van der Waals surface area contributed by atoms with E-state index in [9.17, 15) is 14.4 Å². The Morgan fingerprint density at radius 3 is 2.55 bits per heavy atom. The third-order valence-corrected chi connectivity index (χ3v) is 7.64.